The lowest BCUT2D eigenvalue weighted by atomic mass is 9.95. The van der Waals surface area contributed by atoms with E-state index in [0.29, 0.717) is 41.3 Å². The molecular formula is C26H22FN3O5. The van der Waals surface area contributed by atoms with E-state index < -0.39 is 23.9 Å². The first-order valence-electron chi connectivity index (χ1n) is 11.1. The minimum atomic E-state index is -0.795. The van der Waals surface area contributed by atoms with E-state index in [0.717, 1.165) is 5.56 Å². The van der Waals surface area contributed by atoms with Crippen molar-refractivity contribution >= 4 is 12.0 Å². The molecule has 178 valence electrons. The first-order chi connectivity index (χ1) is 17.1. The van der Waals surface area contributed by atoms with Crippen LogP contribution in [0.25, 0.3) is 0 Å². The van der Waals surface area contributed by atoms with Crippen LogP contribution in [0.3, 0.4) is 0 Å². The second-order valence-electron chi connectivity index (χ2n) is 8.07. The largest absolute Gasteiger partial charge is 0.457 e. The molecule has 1 atom stereocenters. The number of benzene rings is 2. The summed E-state index contributed by atoms with van der Waals surface area (Å²) in [6.07, 6.45) is 2.48. The van der Waals surface area contributed by atoms with Crippen molar-refractivity contribution < 1.29 is 28.2 Å². The summed E-state index contributed by atoms with van der Waals surface area (Å²) in [6.45, 7) is 0.0666. The number of rotatable bonds is 7. The van der Waals surface area contributed by atoms with Crippen molar-refractivity contribution in [2.24, 2.45) is 0 Å². The Labute approximate surface area is 200 Å². The van der Waals surface area contributed by atoms with E-state index in [2.05, 4.69) is 15.6 Å². The minimum Gasteiger partial charge on any atom is -0.457 e. The Morgan fingerprint density at radius 1 is 1.03 bits per heavy atom. The summed E-state index contributed by atoms with van der Waals surface area (Å²) in [5.74, 6) is 0.296. The van der Waals surface area contributed by atoms with Crippen LogP contribution in [0.15, 0.2) is 78.1 Å². The van der Waals surface area contributed by atoms with E-state index in [9.17, 15) is 14.0 Å². The summed E-state index contributed by atoms with van der Waals surface area (Å²) >= 11 is 0. The van der Waals surface area contributed by atoms with Crippen molar-refractivity contribution in [1.82, 2.24) is 15.6 Å². The van der Waals surface area contributed by atoms with Gasteiger partial charge in [-0.25, -0.2) is 14.0 Å². The molecule has 2 aliphatic heterocycles. The Kier molecular flexibility index (Phi) is 6.30. The fraction of sp³-hybridized carbons (Fsp3) is 0.192. The number of ether oxygens (including phenoxy) is 3. The summed E-state index contributed by atoms with van der Waals surface area (Å²) < 4.78 is 29.9. The van der Waals surface area contributed by atoms with Gasteiger partial charge in [0.25, 0.3) is 0 Å². The summed E-state index contributed by atoms with van der Waals surface area (Å²) in [5.41, 5.74) is 2.66. The molecule has 0 bridgehead atoms. The zero-order chi connectivity index (χ0) is 24.2. The molecule has 3 aromatic rings. The average Bonchev–Trinajstić information content (AvgIpc) is 3.34. The highest BCUT2D eigenvalue weighted by atomic mass is 19.1. The third-order valence-electron chi connectivity index (χ3n) is 5.72. The number of carbonyl (C=O) groups is 2. The third kappa shape index (κ3) is 5.08. The monoisotopic (exact) mass is 475 g/mol. The topological polar surface area (TPSA) is 98.8 Å². The molecule has 2 N–H and O–H groups in total. The molecule has 1 aromatic heterocycles. The minimum absolute atomic E-state index is 0.113. The average molecular weight is 475 g/mol. The highest BCUT2D eigenvalue weighted by Crippen LogP contribution is 2.34. The number of amides is 2. The van der Waals surface area contributed by atoms with Gasteiger partial charge in [0.15, 0.2) is 11.5 Å². The molecule has 0 spiro atoms. The molecule has 2 aromatic carbocycles. The SMILES string of the molecule is O=C1NC(CCc2ccc3c(c2)OCO3)=C(C(=O)OCc2cccc(F)c2)C(c2ccccn2)N1. The molecule has 9 heteroatoms. The van der Waals surface area contributed by atoms with Gasteiger partial charge in [0.2, 0.25) is 6.79 Å². The molecular weight excluding hydrogens is 453 g/mol. The molecule has 0 radical (unpaired) electrons. The Bertz CT molecular complexity index is 1300. The second kappa shape index (κ2) is 9.84. The fourth-order valence-corrected chi connectivity index (χ4v) is 4.04. The number of pyridine rings is 1. The Hall–Kier alpha value is -4.40. The van der Waals surface area contributed by atoms with Crippen LogP contribution in [-0.4, -0.2) is 23.8 Å². The number of hydrogen-bond donors (Lipinski definition) is 2. The fourth-order valence-electron chi connectivity index (χ4n) is 4.04. The number of aromatic nitrogens is 1. The van der Waals surface area contributed by atoms with Crippen molar-refractivity contribution in [2.75, 3.05) is 6.79 Å². The number of allylic oxidation sites excluding steroid dienone is 1. The number of nitrogens with zero attached hydrogens (tertiary/aromatic N) is 1. The number of carbonyl (C=O) groups excluding carboxylic acids is 2. The summed E-state index contributed by atoms with van der Waals surface area (Å²) in [7, 11) is 0. The molecule has 0 fully saturated rings. The number of urea groups is 1. The number of nitrogens with one attached hydrogen (secondary N) is 2. The Balaban J connectivity index is 1.43. The maximum absolute atomic E-state index is 13.5. The molecule has 2 amide bonds. The Morgan fingerprint density at radius 2 is 1.91 bits per heavy atom. The van der Waals surface area contributed by atoms with Gasteiger partial charge in [0, 0.05) is 11.9 Å². The van der Waals surface area contributed by atoms with Gasteiger partial charge in [-0.15, -0.1) is 0 Å². The lowest BCUT2D eigenvalue weighted by Gasteiger charge is -2.29. The van der Waals surface area contributed by atoms with Gasteiger partial charge in [-0.05, 0) is 60.4 Å². The van der Waals surface area contributed by atoms with Crippen LogP contribution in [-0.2, 0) is 22.6 Å². The van der Waals surface area contributed by atoms with E-state index >= 15 is 0 Å². The van der Waals surface area contributed by atoms with Gasteiger partial charge in [0.1, 0.15) is 18.5 Å². The van der Waals surface area contributed by atoms with E-state index in [-0.39, 0.29) is 19.0 Å². The van der Waals surface area contributed by atoms with Crippen LogP contribution in [0.2, 0.25) is 0 Å². The molecule has 3 heterocycles. The van der Waals surface area contributed by atoms with Gasteiger partial charge in [-0.1, -0.05) is 24.3 Å². The highest BCUT2D eigenvalue weighted by molar-refractivity contribution is 5.95. The summed E-state index contributed by atoms with van der Waals surface area (Å²) in [5, 5.41) is 5.53. The zero-order valence-electron chi connectivity index (χ0n) is 18.6. The molecule has 0 saturated carbocycles. The van der Waals surface area contributed by atoms with Crippen molar-refractivity contribution in [1.29, 1.82) is 0 Å². The van der Waals surface area contributed by atoms with Gasteiger partial charge in [-0.2, -0.15) is 0 Å². The van der Waals surface area contributed by atoms with Crippen molar-refractivity contribution in [3.8, 4) is 11.5 Å². The van der Waals surface area contributed by atoms with Crippen molar-refractivity contribution in [2.45, 2.75) is 25.5 Å². The molecule has 1 unspecified atom stereocenters. The van der Waals surface area contributed by atoms with Crippen molar-refractivity contribution in [3.63, 3.8) is 0 Å². The first-order valence-corrected chi connectivity index (χ1v) is 11.1. The highest BCUT2D eigenvalue weighted by Gasteiger charge is 2.34. The number of esters is 1. The number of halogens is 1. The number of hydrogen-bond acceptors (Lipinski definition) is 6. The number of fused-ring (bicyclic) bond motifs is 1. The molecule has 8 nitrogen and oxygen atoms in total. The third-order valence-corrected chi connectivity index (χ3v) is 5.72. The Morgan fingerprint density at radius 3 is 2.74 bits per heavy atom. The van der Waals surface area contributed by atoms with Gasteiger partial charge in [0.05, 0.1) is 11.3 Å². The molecule has 35 heavy (non-hydrogen) atoms. The predicted molar refractivity (Wildman–Crippen MR) is 123 cm³/mol. The lowest BCUT2D eigenvalue weighted by Crippen LogP contribution is -2.46. The quantitative estimate of drug-likeness (QED) is 0.503. The maximum Gasteiger partial charge on any atom is 0.338 e. The lowest BCUT2D eigenvalue weighted by molar-refractivity contribution is -0.140. The smallest absolute Gasteiger partial charge is 0.338 e. The maximum atomic E-state index is 13.5. The van der Waals surface area contributed by atoms with E-state index in [1.165, 1.54) is 12.1 Å². The van der Waals surface area contributed by atoms with Crippen molar-refractivity contribution in [3.05, 3.63) is 101 Å². The zero-order valence-corrected chi connectivity index (χ0v) is 18.6. The molecule has 0 saturated heterocycles. The van der Waals surface area contributed by atoms with E-state index in [4.69, 9.17) is 14.2 Å². The van der Waals surface area contributed by atoms with Crippen LogP contribution >= 0.6 is 0 Å². The van der Waals surface area contributed by atoms with Crippen LogP contribution in [0.5, 0.6) is 11.5 Å². The number of aryl methyl sites for hydroxylation is 1. The van der Waals surface area contributed by atoms with E-state index in [1.54, 1.807) is 36.5 Å². The normalized spacial score (nSPS) is 16.5. The van der Waals surface area contributed by atoms with Gasteiger partial charge >= 0.3 is 12.0 Å². The van der Waals surface area contributed by atoms with Gasteiger partial charge in [-0.3, -0.25) is 4.98 Å². The van der Waals surface area contributed by atoms with Crippen LogP contribution in [0.4, 0.5) is 9.18 Å². The van der Waals surface area contributed by atoms with Crippen LogP contribution in [0.1, 0.15) is 29.3 Å². The van der Waals surface area contributed by atoms with E-state index in [1.807, 2.05) is 18.2 Å². The van der Waals surface area contributed by atoms with Crippen LogP contribution in [0, 0.1) is 5.82 Å². The molecule has 5 rings (SSSR count). The second-order valence-corrected chi connectivity index (χ2v) is 8.07. The van der Waals surface area contributed by atoms with Gasteiger partial charge < -0.3 is 24.8 Å². The molecule has 2 aliphatic rings. The molecule has 0 aliphatic carbocycles. The summed E-state index contributed by atoms with van der Waals surface area (Å²) in [6, 6.07) is 15.5. The summed E-state index contributed by atoms with van der Waals surface area (Å²) in [4.78, 5) is 30.1. The van der Waals surface area contributed by atoms with Crippen LogP contribution < -0.4 is 20.1 Å². The predicted octanol–water partition coefficient (Wildman–Crippen LogP) is 3.93. The first kappa shape index (κ1) is 22.4. The standard InChI is InChI=1S/C26H22FN3O5/c27-18-5-3-4-17(12-18)14-33-25(31)23-19(9-7-16-8-10-21-22(13-16)35-15-34-21)29-26(32)30-24(23)20-6-1-2-11-28-20/h1-6,8,10-13,24H,7,9,14-15H2,(H2,29,30,32).